The SMILES string of the molecule is CCC(C)(C)OCCC(C)(NC)C(=O)OC. The van der Waals surface area contributed by atoms with E-state index < -0.39 is 5.54 Å². The number of carbonyl (C=O) groups excluding carboxylic acids is 1. The normalized spacial score (nSPS) is 15.6. The van der Waals surface area contributed by atoms with E-state index >= 15 is 0 Å². The Bertz CT molecular complexity index is 228. The van der Waals surface area contributed by atoms with Gasteiger partial charge in [-0.25, -0.2) is 0 Å². The third-order valence-electron chi connectivity index (χ3n) is 3.13. The zero-order valence-corrected chi connectivity index (χ0v) is 11.3. The molecule has 1 atom stereocenters. The fraction of sp³-hybridized carbons (Fsp3) is 0.917. The van der Waals surface area contributed by atoms with Crippen LogP contribution in [0.25, 0.3) is 0 Å². The second-order valence-corrected chi connectivity index (χ2v) is 4.79. The molecule has 0 aliphatic heterocycles. The fourth-order valence-corrected chi connectivity index (χ4v) is 1.19. The summed E-state index contributed by atoms with van der Waals surface area (Å²) in [6.07, 6.45) is 1.54. The van der Waals surface area contributed by atoms with Gasteiger partial charge in [0.1, 0.15) is 5.54 Å². The summed E-state index contributed by atoms with van der Waals surface area (Å²) in [5.41, 5.74) is -0.802. The highest BCUT2D eigenvalue weighted by Crippen LogP contribution is 2.17. The van der Waals surface area contributed by atoms with Gasteiger partial charge in [-0.15, -0.1) is 0 Å². The second kappa shape index (κ2) is 6.21. The Hall–Kier alpha value is -0.610. The molecule has 1 unspecified atom stereocenters. The lowest BCUT2D eigenvalue weighted by molar-refractivity contribution is -0.149. The van der Waals surface area contributed by atoms with Crippen molar-refractivity contribution in [1.29, 1.82) is 0 Å². The molecule has 4 nitrogen and oxygen atoms in total. The summed E-state index contributed by atoms with van der Waals surface area (Å²) in [6.45, 7) is 8.52. The van der Waals surface area contributed by atoms with Crippen LogP contribution in [0.5, 0.6) is 0 Å². The molecule has 0 rings (SSSR count). The van der Waals surface area contributed by atoms with E-state index in [0.29, 0.717) is 13.0 Å². The molecular formula is C12H25NO3. The molecule has 1 N–H and O–H groups in total. The van der Waals surface area contributed by atoms with E-state index in [1.54, 1.807) is 7.05 Å². The first-order chi connectivity index (χ1) is 7.31. The molecule has 0 spiro atoms. The van der Waals surface area contributed by atoms with Gasteiger partial charge in [0.25, 0.3) is 0 Å². The van der Waals surface area contributed by atoms with Gasteiger partial charge in [-0.05, 0) is 40.7 Å². The van der Waals surface area contributed by atoms with Crippen LogP contribution in [0, 0.1) is 0 Å². The first kappa shape index (κ1) is 15.4. The summed E-state index contributed by atoms with van der Waals surface area (Å²) < 4.78 is 10.5. The first-order valence-electron chi connectivity index (χ1n) is 5.72. The van der Waals surface area contributed by atoms with Crippen molar-refractivity contribution in [1.82, 2.24) is 5.32 Å². The van der Waals surface area contributed by atoms with E-state index in [1.807, 2.05) is 20.8 Å². The van der Waals surface area contributed by atoms with Crippen molar-refractivity contribution in [2.75, 3.05) is 20.8 Å². The Morgan fingerprint density at radius 3 is 2.25 bits per heavy atom. The van der Waals surface area contributed by atoms with Crippen molar-refractivity contribution < 1.29 is 14.3 Å². The average molecular weight is 231 g/mol. The van der Waals surface area contributed by atoms with Gasteiger partial charge in [0, 0.05) is 6.61 Å². The lowest BCUT2D eigenvalue weighted by Gasteiger charge is -2.29. The van der Waals surface area contributed by atoms with Crippen LogP contribution < -0.4 is 5.32 Å². The van der Waals surface area contributed by atoms with Gasteiger partial charge in [-0.3, -0.25) is 4.79 Å². The maximum Gasteiger partial charge on any atom is 0.325 e. The van der Waals surface area contributed by atoms with Crippen LogP contribution in [0.1, 0.15) is 40.5 Å². The molecule has 0 aromatic heterocycles. The number of likely N-dealkylation sites (N-methyl/N-ethyl adjacent to an activating group) is 1. The largest absolute Gasteiger partial charge is 0.468 e. The number of esters is 1. The second-order valence-electron chi connectivity index (χ2n) is 4.79. The summed E-state index contributed by atoms with van der Waals surface area (Å²) in [5, 5.41) is 2.98. The van der Waals surface area contributed by atoms with Crippen LogP contribution >= 0.6 is 0 Å². The van der Waals surface area contributed by atoms with Gasteiger partial charge in [0.15, 0.2) is 0 Å². The third-order valence-corrected chi connectivity index (χ3v) is 3.13. The Balaban J connectivity index is 4.21. The van der Waals surface area contributed by atoms with Crippen LogP contribution in [-0.4, -0.2) is 37.9 Å². The van der Waals surface area contributed by atoms with Gasteiger partial charge in [0.05, 0.1) is 12.7 Å². The molecule has 0 aliphatic carbocycles. The van der Waals surface area contributed by atoms with E-state index in [-0.39, 0.29) is 11.6 Å². The molecule has 0 radical (unpaired) electrons. The van der Waals surface area contributed by atoms with E-state index in [1.165, 1.54) is 7.11 Å². The molecule has 0 aliphatic rings. The van der Waals surface area contributed by atoms with E-state index in [4.69, 9.17) is 9.47 Å². The van der Waals surface area contributed by atoms with Crippen LogP contribution in [-0.2, 0) is 14.3 Å². The van der Waals surface area contributed by atoms with Crippen LogP contribution in [0.15, 0.2) is 0 Å². The van der Waals surface area contributed by atoms with Crippen molar-refractivity contribution in [3.05, 3.63) is 0 Å². The molecule has 0 saturated heterocycles. The van der Waals surface area contributed by atoms with Crippen molar-refractivity contribution in [2.45, 2.75) is 51.7 Å². The molecule has 16 heavy (non-hydrogen) atoms. The van der Waals surface area contributed by atoms with E-state index in [2.05, 4.69) is 12.2 Å². The Morgan fingerprint density at radius 2 is 1.88 bits per heavy atom. The van der Waals surface area contributed by atoms with Gasteiger partial charge in [0.2, 0.25) is 0 Å². The predicted molar refractivity (Wildman–Crippen MR) is 64.4 cm³/mol. The fourth-order valence-electron chi connectivity index (χ4n) is 1.19. The highest BCUT2D eigenvalue weighted by molar-refractivity contribution is 5.80. The molecule has 96 valence electrons. The minimum Gasteiger partial charge on any atom is -0.468 e. The van der Waals surface area contributed by atoms with E-state index in [0.717, 1.165) is 6.42 Å². The monoisotopic (exact) mass is 231 g/mol. The number of hydrogen-bond donors (Lipinski definition) is 1. The average Bonchev–Trinajstić information content (AvgIpc) is 2.27. The molecule has 0 saturated carbocycles. The topological polar surface area (TPSA) is 47.6 Å². The minimum atomic E-state index is -0.668. The highest BCUT2D eigenvalue weighted by atomic mass is 16.5. The molecule has 0 heterocycles. The number of methoxy groups -OCH3 is 1. The van der Waals surface area contributed by atoms with Crippen LogP contribution in [0.2, 0.25) is 0 Å². The maximum atomic E-state index is 11.5. The maximum absolute atomic E-state index is 11.5. The first-order valence-corrected chi connectivity index (χ1v) is 5.72. The lowest BCUT2D eigenvalue weighted by atomic mass is 9.98. The molecule has 0 amide bonds. The van der Waals surface area contributed by atoms with Crippen molar-refractivity contribution in [2.24, 2.45) is 0 Å². The summed E-state index contributed by atoms with van der Waals surface area (Å²) in [6, 6.07) is 0. The number of ether oxygens (including phenoxy) is 2. The summed E-state index contributed by atoms with van der Waals surface area (Å²) >= 11 is 0. The Morgan fingerprint density at radius 1 is 1.31 bits per heavy atom. The lowest BCUT2D eigenvalue weighted by Crippen LogP contribution is -2.49. The van der Waals surface area contributed by atoms with Gasteiger partial charge < -0.3 is 14.8 Å². The van der Waals surface area contributed by atoms with Gasteiger partial charge in [-0.2, -0.15) is 0 Å². The zero-order valence-electron chi connectivity index (χ0n) is 11.3. The van der Waals surface area contributed by atoms with Crippen molar-refractivity contribution >= 4 is 5.97 Å². The predicted octanol–water partition coefficient (Wildman–Crippen LogP) is 1.73. The third kappa shape index (κ3) is 4.49. The van der Waals surface area contributed by atoms with Crippen LogP contribution in [0.3, 0.4) is 0 Å². The number of nitrogens with one attached hydrogen (secondary N) is 1. The molecule has 4 heteroatoms. The molecule has 0 aromatic rings. The van der Waals surface area contributed by atoms with Gasteiger partial charge in [-0.1, -0.05) is 6.92 Å². The van der Waals surface area contributed by atoms with Crippen molar-refractivity contribution in [3.8, 4) is 0 Å². The van der Waals surface area contributed by atoms with Gasteiger partial charge >= 0.3 is 5.97 Å². The number of hydrogen-bond acceptors (Lipinski definition) is 4. The Labute approximate surface area is 98.7 Å². The number of carbonyl (C=O) groups is 1. The zero-order chi connectivity index (χ0) is 12.8. The molecule has 0 aromatic carbocycles. The quantitative estimate of drug-likeness (QED) is 0.678. The van der Waals surface area contributed by atoms with Crippen LogP contribution in [0.4, 0.5) is 0 Å². The summed E-state index contributed by atoms with van der Waals surface area (Å²) in [5.74, 6) is -0.257. The minimum absolute atomic E-state index is 0.134. The highest BCUT2D eigenvalue weighted by Gasteiger charge is 2.32. The standard InChI is InChI=1S/C12H25NO3/c1-7-11(2,3)16-9-8-12(4,13-5)10(14)15-6/h13H,7-9H2,1-6H3. The Kier molecular flexibility index (Phi) is 5.97. The molecular weight excluding hydrogens is 206 g/mol. The van der Waals surface area contributed by atoms with Crippen molar-refractivity contribution in [3.63, 3.8) is 0 Å². The smallest absolute Gasteiger partial charge is 0.325 e. The number of rotatable bonds is 7. The summed E-state index contributed by atoms with van der Waals surface area (Å²) in [4.78, 5) is 11.5. The van der Waals surface area contributed by atoms with E-state index in [9.17, 15) is 4.79 Å². The molecule has 0 fully saturated rings. The summed E-state index contributed by atoms with van der Waals surface area (Å²) in [7, 11) is 3.15. The molecule has 0 bridgehead atoms.